The molecule has 0 aromatic heterocycles. The SMILES string of the molecule is Cc1c(Cl)cccc1N=C1NC(=O)/C(=C\c2ccc(OCc3ccc(Cl)cc3)c(I)c2)S1. The van der Waals surface area contributed by atoms with Crippen LogP contribution in [0, 0.1) is 10.5 Å². The van der Waals surface area contributed by atoms with E-state index in [1.165, 1.54) is 11.8 Å². The molecule has 3 aromatic rings. The largest absolute Gasteiger partial charge is 0.488 e. The molecule has 1 aliphatic rings. The monoisotopic (exact) mass is 594 g/mol. The number of carbonyl (C=O) groups excluding carboxylic acids is 1. The Morgan fingerprint density at radius 3 is 2.66 bits per heavy atom. The number of carbonyl (C=O) groups is 1. The minimum absolute atomic E-state index is 0.175. The third-order valence-electron chi connectivity index (χ3n) is 4.67. The summed E-state index contributed by atoms with van der Waals surface area (Å²) in [4.78, 5) is 17.5. The number of thioether (sulfide) groups is 1. The van der Waals surface area contributed by atoms with Crippen LogP contribution in [0.2, 0.25) is 10.0 Å². The molecule has 32 heavy (non-hydrogen) atoms. The Bertz CT molecular complexity index is 1240. The maximum absolute atomic E-state index is 12.4. The summed E-state index contributed by atoms with van der Waals surface area (Å²) in [6, 6.07) is 18.9. The Morgan fingerprint density at radius 2 is 1.91 bits per heavy atom. The number of nitrogens with one attached hydrogen (secondary N) is 1. The molecule has 1 heterocycles. The van der Waals surface area contributed by atoms with Crippen LogP contribution in [0.25, 0.3) is 6.08 Å². The number of amides is 1. The van der Waals surface area contributed by atoms with Gasteiger partial charge in [-0.05, 0) is 100 Å². The van der Waals surface area contributed by atoms with Crippen LogP contribution in [0.5, 0.6) is 5.75 Å². The molecule has 0 radical (unpaired) electrons. The average Bonchev–Trinajstić information content (AvgIpc) is 3.10. The van der Waals surface area contributed by atoms with Gasteiger partial charge in [0.2, 0.25) is 0 Å². The first-order valence-corrected chi connectivity index (χ1v) is 12.3. The van der Waals surface area contributed by atoms with E-state index in [4.69, 9.17) is 27.9 Å². The van der Waals surface area contributed by atoms with E-state index < -0.39 is 0 Å². The van der Waals surface area contributed by atoms with Crippen LogP contribution in [-0.2, 0) is 11.4 Å². The number of nitrogens with zero attached hydrogens (tertiary/aromatic N) is 1. The van der Waals surface area contributed by atoms with Crippen molar-refractivity contribution in [2.45, 2.75) is 13.5 Å². The van der Waals surface area contributed by atoms with Gasteiger partial charge in [-0.3, -0.25) is 4.79 Å². The fourth-order valence-corrected chi connectivity index (χ4v) is 4.75. The van der Waals surface area contributed by atoms with Gasteiger partial charge in [-0.25, -0.2) is 4.99 Å². The highest BCUT2D eigenvalue weighted by atomic mass is 127. The Labute approximate surface area is 214 Å². The van der Waals surface area contributed by atoms with E-state index in [9.17, 15) is 4.79 Å². The van der Waals surface area contributed by atoms with Crippen molar-refractivity contribution < 1.29 is 9.53 Å². The van der Waals surface area contributed by atoms with Crippen molar-refractivity contribution in [2.75, 3.05) is 0 Å². The smallest absolute Gasteiger partial charge is 0.264 e. The van der Waals surface area contributed by atoms with Crippen molar-refractivity contribution in [3.63, 3.8) is 0 Å². The first-order chi connectivity index (χ1) is 15.4. The van der Waals surface area contributed by atoms with E-state index in [-0.39, 0.29) is 5.91 Å². The van der Waals surface area contributed by atoms with Gasteiger partial charge in [0, 0.05) is 10.0 Å². The third kappa shape index (κ3) is 5.67. The molecule has 162 valence electrons. The molecular formula is C24H17Cl2IN2O2S. The summed E-state index contributed by atoms with van der Waals surface area (Å²) in [5, 5.41) is 4.69. The van der Waals surface area contributed by atoms with Gasteiger partial charge in [-0.15, -0.1) is 0 Å². The lowest BCUT2D eigenvalue weighted by molar-refractivity contribution is -0.115. The Morgan fingerprint density at radius 1 is 1.12 bits per heavy atom. The van der Waals surface area contributed by atoms with Crippen molar-refractivity contribution in [2.24, 2.45) is 4.99 Å². The first-order valence-electron chi connectivity index (χ1n) is 9.60. The lowest BCUT2D eigenvalue weighted by atomic mass is 10.2. The molecule has 8 heteroatoms. The summed E-state index contributed by atoms with van der Waals surface area (Å²) in [5.74, 6) is 0.608. The van der Waals surface area contributed by atoms with E-state index in [0.717, 1.165) is 31.7 Å². The molecule has 0 atom stereocenters. The molecular weight excluding hydrogens is 578 g/mol. The Balaban J connectivity index is 1.47. The minimum atomic E-state index is -0.175. The van der Waals surface area contributed by atoms with E-state index in [0.29, 0.717) is 26.7 Å². The van der Waals surface area contributed by atoms with Gasteiger partial charge in [0.25, 0.3) is 5.91 Å². The van der Waals surface area contributed by atoms with Crippen LogP contribution in [-0.4, -0.2) is 11.1 Å². The van der Waals surface area contributed by atoms with Crippen LogP contribution in [0.1, 0.15) is 16.7 Å². The predicted octanol–water partition coefficient (Wildman–Crippen LogP) is 7.38. The second kappa shape index (κ2) is 10.3. The molecule has 0 spiro atoms. The van der Waals surface area contributed by atoms with E-state index in [2.05, 4.69) is 32.9 Å². The van der Waals surface area contributed by atoms with Crippen LogP contribution < -0.4 is 10.1 Å². The molecule has 1 amide bonds. The topological polar surface area (TPSA) is 50.7 Å². The van der Waals surface area contributed by atoms with Crippen molar-refractivity contribution in [3.05, 3.63) is 95.9 Å². The van der Waals surface area contributed by atoms with Crippen LogP contribution in [0.15, 0.2) is 70.6 Å². The van der Waals surface area contributed by atoms with Crippen molar-refractivity contribution in [1.82, 2.24) is 5.32 Å². The molecule has 1 aliphatic heterocycles. The summed E-state index contributed by atoms with van der Waals surface area (Å²) in [5.41, 5.74) is 3.55. The third-order valence-corrected chi connectivity index (χ3v) is 7.09. The summed E-state index contributed by atoms with van der Waals surface area (Å²) in [6.45, 7) is 2.35. The van der Waals surface area contributed by atoms with E-state index in [1.54, 1.807) is 0 Å². The molecule has 0 bridgehead atoms. The van der Waals surface area contributed by atoms with Gasteiger partial charge in [-0.1, -0.05) is 47.5 Å². The quantitative estimate of drug-likeness (QED) is 0.248. The summed E-state index contributed by atoms with van der Waals surface area (Å²) in [7, 11) is 0. The number of halogens is 3. The lowest BCUT2D eigenvalue weighted by Crippen LogP contribution is -2.19. The van der Waals surface area contributed by atoms with Gasteiger partial charge in [0.1, 0.15) is 12.4 Å². The van der Waals surface area contributed by atoms with Gasteiger partial charge in [0.05, 0.1) is 14.2 Å². The molecule has 1 N–H and O–H groups in total. The number of rotatable bonds is 5. The summed E-state index contributed by atoms with van der Waals surface area (Å²) in [6.07, 6.45) is 1.85. The Hall–Kier alpha value is -2.00. The zero-order valence-electron chi connectivity index (χ0n) is 16.9. The molecule has 0 aliphatic carbocycles. The number of hydrogen-bond acceptors (Lipinski definition) is 4. The average molecular weight is 595 g/mol. The second-order valence-corrected chi connectivity index (χ2v) is 10.0. The number of aliphatic imine (C=N–C) groups is 1. The number of ether oxygens (including phenoxy) is 1. The van der Waals surface area contributed by atoms with Crippen molar-refractivity contribution >= 4 is 80.4 Å². The molecule has 3 aromatic carbocycles. The maximum Gasteiger partial charge on any atom is 0.264 e. The van der Waals surface area contributed by atoms with Gasteiger partial charge < -0.3 is 10.1 Å². The number of hydrogen-bond donors (Lipinski definition) is 1. The van der Waals surface area contributed by atoms with Crippen LogP contribution in [0.3, 0.4) is 0 Å². The first kappa shape index (κ1) is 23.2. The molecule has 4 nitrogen and oxygen atoms in total. The van der Waals surface area contributed by atoms with Crippen molar-refractivity contribution in [1.29, 1.82) is 0 Å². The zero-order chi connectivity index (χ0) is 22.7. The molecule has 0 unspecified atom stereocenters. The zero-order valence-corrected chi connectivity index (χ0v) is 21.3. The normalized spacial score (nSPS) is 15.9. The van der Waals surface area contributed by atoms with Gasteiger partial charge >= 0.3 is 0 Å². The standard InChI is InChI=1S/C24H17Cl2IN2O2S/c1-14-18(26)3-2-4-20(14)28-24-29-23(30)22(32-24)12-16-7-10-21(19(27)11-16)31-13-15-5-8-17(25)9-6-15/h2-12H,13H2,1H3,(H,28,29,30)/b22-12+. The van der Waals surface area contributed by atoms with E-state index >= 15 is 0 Å². The summed E-state index contributed by atoms with van der Waals surface area (Å²) < 4.78 is 6.88. The lowest BCUT2D eigenvalue weighted by Gasteiger charge is -2.09. The number of amidine groups is 1. The highest BCUT2D eigenvalue weighted by molar-refractivity contribution is 14.1. The van der Waals surface area contributed by atoms with E-state index in [1.807, 2.05) is 73.7 Å². The molecule has 1 saturated heterocycles. The minimum Gasteiger partial charge on any atom is -0.488 e. The van der Waals surface area contributed by atoms with Gasteiger partial charge in [0.15, 0.2) is 5.17 Å². The highest BCUT2D eigenvalue weighted by Gasteiger charge is 2.24. The van der Waals surface area contributed by atoms with Crippen LogP contribution in [0.4, 0.5) is 5.69 Å². The molecule has 4 rings (SSSR count). The fraction of sp³-hybridized carbons (Fsp3) is 0.0833. The predicted molar refractivity (Wildman–Crippen MR) is 142 cm³/mol. The summed E-state index contributed by atoms with van der Waals surface area (Å²) >= 11 is 15.6. The van der Waals surface area contributed by atoms with Gasteiger partial charge in [-0.2, -0.15) is 0 Å². The highest BCUT2D eigenvalue weighted by Crippen LogP contribution is 2.32. The molecule has 1 fully saturated rings. The van der Waals surface area contributed by atoms with Crippen molar-refractivity contribution in [3.8, 4) is 5.75 Å². The number of benzene rings is 3. The Kier molecular flexibility index (Phi) is 7.45. The van der Waals surface area contributed by atoms with Crippen LogP contribution >= 0.6 is 57.6 Å². The fourth-order valence-electron chi connectivity index (χ4n) is 2.92. The second-order valence-electron chi connectivity index (χ2n) is 6.97. The molecule has 0 saturated carbocycles. The maximum atomic E-state index is 12.4.